The van der Waals surface area contributed by atoms with Crippen molar-refractivity contribution >= 4 is 6.09 Å². The van der Waals surface area contributed by atoms with E-state index in [1.807, 2.05) is 30.3 Å². The van der Waals surface area contributed by atoms with E-state index in [9.17, 15) is 4.79 Å². The van der Waals surface area contributed by atoms with Crippen molar-refractivity contribution in [3.8, 4) is 24.2 Å². The maximum Gasteiger partial charge on any atom is 0.408 e. The van der Waals surface area contributed by atoms with Crippen LogP contribution in [0.3, 0.4) is 0 Å². The average Bonchev–Trinajstić information content (AvgIpc) is 2.35. The molecule has 0 saturated carbocycles. The molecule has 0 bridgehead atoms. The molecule has 3 heteroatoms. The lowest BCUT2D eigenvalue weighted by molar-refractivity contribution is 0.134. The molecule has 0 atom stereocenters. The van der Waals surface area contributed by atoms with E-state index in [0.29, 0.717) is 0 Å². The fourth-order valence-electron chi connectivity index (χ4n) is 1.24. The summed E-state index contributed by atoms with van der Waals surface area (Å²) < 4.78 is 5.07. The lowest BCUT2D eigenvalue weighted by atomic mass is 10.1. The number of ether oxygens (including phenoxy) is 1. The van der Waals surface area contributed by atoms with E-state index in [2.05, 4.69) is 23.1 Å². The molecule has 1 aromatic carbocycles. The maximum atomic E-state index is 11.5. The molecule has 0 radical (unpaired) electrons. The van der Waals surface area contributed by atoms with Gasteiger partial charge in [0.25, 0.3) is 0 Å². The molecule has 1 rings (SSSR count). The highest BCUT2D eigenvalue weighted by molar-refractivity contribution is 5.69. The van der Waals surface area contributed by atoms with E-state index >= 15 is 0 Å². The zero-order valence-electron chi connectivity index (χ0n) is 10.5. The lowest BCUT2D eigenvalue weighted by Crippen LogP contribution is -2.42. The molecule has 18 heavy (non-hydrogen) atoms. The van der Waals surface area contributed by atoms with Gasteiger partial charge < -0.3 is 10.1 Å². The van der Waals surface area contributed by atoms with Crippen LogP contribution in [0.2, 0.25) is 0 Å². The third-order valence-corrected chi connectivity index (χ3v) is 2.07. The summed E-state index contributed by atoms with van der Waals surface area (Å²) in [4.78, 5) is 11.5. The van der Waals surface area contributed by atoms with Gasteiger partial charge in [-0.1, -0.05) is 36.3 Å². The summed E-state index contributed by atoms with van der Waals surface area (Å²) in [6.07, 6.45) is 4.52. The number of terminal acetylenes is 1. The van der Waals surface area contributed by atoms with E-state index in [1.54, 1.807) is 13.8 Å². The van der Waals surface area contributed by atoms with Crippen LogP contribution in [0.1, 0.15) is 19.4 Å². The Bertz CT molecular complexity index is 501. The van der Waals surface area contributed by atoms with Crippen molar-refractivity contribution in [2.75, 3.05) is 0 Å². The molecule has 1 amide bonds. The van der Waals surface area contributed by atoms with E-state index in [4.69, 9.17) is 11.2 Å². The van der Waals surface area contributed by atoms with Crippen LogP contribution in [0.5, 0.6) is 0 Å². The van der Waals surface area contributed by atoms with E-state index in [-0.39, 0.29) is 6.61 Å². The molecule has 1 N–H and O–H groups in total. The molecule has 0 aliphatic carbocycles. The topological polar surface area (TPSA) is 38.3 Å². The van der Waals surface area contributed by atoms with Crippen LogP contribution in [-0.4, -0.2) is 11.6 Å². The molecule has 0 unspecified atom stereocenters. The van der Waals surface area contributed by atoms with Crippen LogP contribution < -0.4 is 5.32 Å². The van der Waals surface area contributed by atoms with Crippen molar-refractivity contribution in [2.24, 2.45) is 0 Å². The first-order valence-corrected chi connectivity index (χ1v) is 5.50. The Kier molecular flexibility index (Phi) is 4.84. The number of nitrogens with one attached hydrogen (secondary N) is 1. The van der Waals surface area contributed by atoms with E-state index in [0.717, 1.165) is 5.56 Å². The maximum absolute atomic E-state index is 11.5. The van der Waals surface area contributed by atoms with Crippen LogP contribution in [0, 0.1) is 24.2 Å². The third-order valence-electron chi connectivity index (χ3n) is 2.07. The van der Waals surface area contributed by atoms with E-state index in [1.165, 1.54) is 0 Å². The molecule has 0 heterocycles. The quantitative estimate of drug-likeness (QED) is 0.825. The van der Waals surface area contributed by atoms with Crippen molar-refractivity contribution in [2.45, 2.75) is 26.0 Å². The lowest BCUT2D eigenvalue weighted by Gasteiger charge is -2.19. The number of hydrogen-bond acceptors (Lipinski definition) is 2. The molecule has 1 aromatic rings. The second-order valence-corrected chi connectivity index (χ2v) is 4.21. The highest BCUT2D eigenvalue weighted by Crippen LogP contribution is 2.03. The van der Waals surface area contributed by atoms with Crippen molar-refractivity contribution in [3.63, 3.8) is 0 Å². The molecule has 0 fully saturated rings. The van der Waals surface area contributed by atoms with Crippen LogP contribution in [0.15, 0.2) is 30.3 Å². The smallest absolute Gasteiger partial charge is 0.408 e. The fourth-order valence-corrected chi connectivity index (χ4v) is 1.24. The molecule has 0 saturated heterocycles. The second kappa shape index (κ2) is 6.37. The Morgan fingerprint density at radius 3 is 2.67 bits per heavy atom. The highest BCUT2D eigenvalue weighted by Gasteiger charge is 2.18. The van der Waals surface area contributed by atoms with Gasteiger partial charge in [-0.3, -0.25) is 0 Å². The first-order chi connectivity index (χ1) is 8.53. The van der Waals surface area contributed by atoms with Crippen LogP contribution in [0.4, 0.5) is 4.79 Å². The zero-order valence-corrected chi connectivity index (χ0v) is 10.5. The number of amides is 1. The first kappa shape index (κ1) is 13.7. The number of rotatable bonds is 3. The predicted molar refractivity (Wildman–Crippen MR) is 70.5 cm³/mol. The summed E-state index contributed by atoms with van der Waals surface area (Å²) in [5.41, 5.74) is 0.223. The van der Waals surface area contributed by atoms with Gasteiger partial charge in [0.05, 0.1) is 5.54 Å². The molecular weight excluding hydrogens is 226 g/mol. The van der Waals surface area contributed by atoms with Gasteiger partial charge in [-0.25, -0.2) is 4.79 Å². The summed E-state index contributed by atoms with van der Waals surface area (Å²) in [7, 11) is 0. The van der Waals surface area contributed by atoms with Gasteiger partial charge in [0.2, 0.25) is 0 Å². The van der Waals surface area contributed by atoms with Gasteiger partial charge in [0.1, 0.15) is 6.61 Å². The normalized spacial score (nSPS) is 9.61. The molecule has 3 nitrogen and oxygen atoms in total. The van der Waals surface area contributed by atoms with Gasteiger partial charge in [-0.2, -0.15) is 0 Å². The minimum atomic E-state index is -0.708. The molecule has 0 aromatic heterocycles. The van der Waals surface area contributed by atoms with Gasteiger partial charge >= 0.3 is 6.09 Å². The van der Waals surface area contributed by atoms with Gasteiger partial charge in [-0.05, 0) is 31.3 Å². The zero-order chi connectivity index (χ0) is 13.4. The Morgan fingerprint density at radius 1 is 1.39 bits per heavy atom. The number of alkyl carbamates (subject to hydrolysis) is 1. The Hall–Kier alpha value is -2.39. The Labute approximate surface area is 108 Å². The summed E-state index contributed by atoms with van der Waals surface area (Å²) >= 11 is 0. The third kappa shape index (κ3) is 5.09. The van der Waals surface area contributed by atoms with Crippen LogP contribution >= 0.6 is 0 Å². The van der Waals surface area contributed by atoms with Crippen molar-refractivity contribution < 1.29 is 9.53 Å². The van der Waals surface area contributed by atoms with Gasteiger partial charge in [0.15, 0.2) is 0 Å². The average molecular weight is 241 g/mol. The molecule has 0 aliphatic heterocycles. The fraction of sp³-hybridized carbons (Fsp3) is 0.267. The van der Waals surface area contributed by atoms with Crippen LogP contribution in [-0.2, 0) is 11.3 Å². The van der Waals surface area contributed by atoms with Crippen molar-refractivity contribution in [1.82, 2.24) is 5.32 Å². The Morgan fingerprint density at radius 2 is 2.06 bits per heavy atom. The monoisotopic (exact) mass is 241 g/mol. The summed E-state index contributed by atoms with van der Waals surface area (Å²) in [6, 6.07) is 9.45. The standard InChI is InChI=1S/C15H15NO2/c1-4-5-11-15(2,3)16-14(17)18-12-13-9-7-6-8-10-13/h1,6-10H,12H2,2-3H3,(H,16,17). The number of hydrogen-bond donors (Lipinski definition) is 1. The van der Waals surface area contributed by atoms with E-state index < -0.39 is 11.6 Å². The molecule has 0 aliphatic rings. The minimum Gasteiger partial charge on any atom is -0.445 e. The van der Waals surface area contributed by atoms with Gasteiger partial charge in [-0.15, -0.1) is 6.42 Å². The Balaban J connectivity index is 2.46. The SMILES string of the molecule is C#CC#CC(C)(C)NC(=O)OCc1ccccc1. The predicted octanol–water partition coefficient (Wildman–Crippen LogP) is 2.33. The molecule has 92 valence electrons. The van der Waals surface area contributed by atoms with Crippen molar-refractivity contribution in [3.05, 3.63) is 35.9 Å². The van der Waals surface area contributed by atoms with Crippen LogP contribution in [0.25, 0.3) is 0 Å². The molecular formula is C15H15NO2. The van der Waals surface area contributed by atoms with Gasteiger partial charge in [0, 0.05) is 0 Å². The first-order valence-electron chi connectivity index (χ1n) is 5.50. The number of carbonyl (C=O) groups excluding carboxylic acids is 1. The number of benzene rings is 1. The van der Waals surface area contributed by atoms with Crippen molar-refractivity contribution in [1.29, 1.82) is 0 Å². The summed E-state index contributed by atoms with van der Waals surface area (Å²) in [6.45, 7) is 3.73. The summed E-state index contributed by atoms with van der Waals surface area (Å²) in [5, 5.41) is 2.63. The largest absolute Gasteiger partial charge is 0.445 e. The number of carbonyl (C=O) groups is 1. The minimum absolute atomic E-state index is 0.228. The second-order valence-electron chi connectivity index (χ2n) is 4.21. The molecule has 0 spiro atoms. The highest BCUT2D eigenvalue weighted by atomic mass is 16.5. The summed E-state index contributed by atoms with van der Waals surface area (Å²) in [5.74, 6) is 7.42.